The third-order valence-electron chi connectivity index (χ3n) is 5.62. The predicted molar refractivity (Wildman–Crippen MR) is 127 cm³/mol. The van der Waals surface area contributed by atoms with E-state index in [2.05, 4.69) is 4.72 Å². The minimum atomic E-state index is -3.83. The number of carbonyl (C=O) groups excluding carboxylic acids is 1. The lowest BCUT2D eigenvalue weighted by Gasteiger charge is -2.36. The Morgan fingerprint density at radius 1 is 0.909 bits per heavy atom. The summed E-state index contributed by atoms with van der Waals surface area (Å²) in [7, 11) is -3.83. The molecule has 0 spiro atoms. The average molecular weight is 468 g/mol. The topological polar surface area (TPSA) is 69.7 Å². The molecule has 0 saturated carbocycles. The van der Waals surface area contributed by atoms with Crippen molar-refractivity contribution in [2.24, 2.45) is 0 Å². The van der Waals surface area contributed by atoms with Crippen LogP contribution in [0.15, 0.2) is 71.6 Å². The van der Waals surface area contributed by atoms with Crippen LogP contribution in [0.2, 0.25) is 0 Å². The van der Waals surface area contributed by atoms with Crippen LogP contribution in [0.1, 0.15) is 23.1 Å². The van der Waals surface area contributed by atoms with E-state index in [0.29, 0.717) is 31.0 Å². The zero-order valence-corrected chi connectivity index (χ0v) is 19.4. The van der Waals surface area contributed by atoms with E-state index < -0.39 is 10.0 Å². The molecule has 0 atom stereocenters. The van der Waals surface area contributed by atoms with Gasteiger partial charge in [-0.3, -0.25) is 9.62 Å². The second-order valence-corrected chi connectivity index (χ2v) is 9.96. The molecule has 0 aliphatic carbocycles. The summed E-state index contributed by atoms with van der Waals surface area (Å²) in [4.78, 5) is 16.8. The third kappa shape index (κ3) is 5.17. The Morgan fingerprint density at radius 2 is 1.58 bits per heavy atom. The van der Waals surface area contributed by atoms with Gasteiger partial charge in [-0.15, -0.1) is 0 Å². The normalized spacial score (nSPS) is 14.5. The van der Waals surface area contributed by atoms with E-state index in [1.807, 2.05) is 19.9 Å². The van der Waals surface area contributed by atoms with Crippen molar-refractivity contribution in [1.29, 1.82) is 0 Å². The highest BCUT2D eigenvalue weighted by Gasteiger charge is 2.29. The summed E-state index contributed by atoms with van der Waals surface area (Å²) < 4.78 is 41.9. The van der Waals surface area contributed by atoms with Crippen molar-refractivity contribution in [1.82, 2.24) is 4.90 Å². The van der Waals surface area contributed by atoms with Crippen LogP contribution in [0, 0.1) is 19.7 Å². The fourth-order valence-electron chi connectivity index (χ4n) is 3.85. The highest BCUT2D eigenvalue weighted by molar-refractivity contribution is 7.92. The van der Waals surface area contributed by atoms with E-state index >= 15 is 0 Å². The minimum absolute atomic E-state index is 0.156. The van der Waals surface area contributed by atoms with Crippen LogP contribution >= 0.6 is 0 Å². The molecule has 1 heterocycles. The summed E-state index contributed by atoms with van der Waals surface area (Å²) in [6.45, 7) is 5.16. The molecule has 1 N–H and O–H groups in total. The van der Waals surface area contributed by atoms with Crippen LogP contribution in [0.4, 0.5) is 20.6 Å². The van der Waals surface area contributed by atoms with Crippen molar-refractivity contribution in [3.05, 3.63) is 89.2 Å². The molecule has 6 nitrogen and oxygen atoms in total. The maximum atomic E-state index is 13.3. The zero-order valence-electron chi connectivity index (χ0n) is 18.6. The molecule has 3 aromatic carbocycles. The zero-order chi connectivity index (χ0) is 23.6. The SMILES string of the molecule is Cc1ccc(S(=O)(=O)Nc2cc(C)ccc2N2CCCN(Cc3ccc(F)cc3)C2=O)cc1. The van der Waals surface area contributed by atoms with Gasteiger partial charge in [0.2, 0.25) is 0 Å². The molecular formula is C25H26FN3O3S. The second kappa shape index (κ2) is 9.23. The summed E-state index contributed by atoms with van der Waals surface area (Å²) in [5.41, 5.74) is 3.52. The Balaban J connectivity index is 1.61. The smallest absolute Gasteiger partial charge is 0.320 e. The van der Waals surface area contributed by atoms with Crippen molar-refractivity contribution in [3.8, 4) is 0 Å². The van der Waals surface area contributed by atoms with Gasteiger partial charge in [0.25, 0.3) is 10.0 Å². The summed E-state index contributed by atoms with van der Waals surface area (Å²) in [6, 6.07) is 17.8. The van der Waals surface area contributed by atoms with Crippen molar-refractivity contribution >= 4 is 27.4 Å². The number of carbonyl (C=O) groups is 1. The first-order chi connectivity index (χ1) is 15.7. The Morgan fingerprint density at radius 3 is 2.27 bits per heavy atom. The monoisotopic (exact) mass is 467 g/mol. The van der Waals surface area contributed by atoms with Gasteiger partial charge in [-0.25, -0.2) is 17.6 Å². The van der Waals surface area contributed by atoms with Crippen molar-refractivity contribution in [2.45, 2.75) is 31.7 Å². The molecule has 4 rings (SSSR count). The van der Waals surface area contributed by atoms with Crippen LogP contribution in [0.25, 0.3) is 0 Å². The number of hydrogen-bond acceptors (Lipinski definition) is 3. The van der Waals surface area contributed by atoms with E-state index in [0.717, 1.165) is 23.1 Å². The van der Waals surface area contributed by atoms with Gasteiger partial charge >= 0.3 is 6.03 Å². The van der Waals surface area contributed by atoms with Crippen molar-refractivity contribution in [3.63, 3.8) is 0 Å². The van der Waals surface area contributed by atoms with Gasteiger partial charge in [-0.1, -0.05) is 35.9 Å². The lowest BCUT2D eigenvalue weighted by atomic mass is 10.1. The number of urea groups is 1. The molecule has 3 aromatic rings. The number of hydrogen-bond donors (Lipinski definition) is 1. The molecule has 1 saturated heterocycles. The largest absolute Gasteiger partial charge is 0.324 e. The minimum Gasteiger partial charge on any atom is -0.320 e. The molecule has 0 aromatic heterocycles. The molecular weight excluding hydrogens is 441 g/mol. The van der Waals surface area contributed by atoms with Gasteiger partial charge in [0.1, 0.15) is 5.82 Å². The molecule has 0 unspecified atom stereocenters. The Bertz CT molecular complexity index is 1260. The maximum Gasteiger partial charge on any atom is 0.324 e. The van der Waals surface area contributed by atoms with Gasteiger partial charge in [0.05, 0.1) is 16.3 Å². The molecule has 1 aliphatic rings. The number of rotatable bonds is 6. The van der Waals surface area contributed by atoms with E-state index in [4.69, 9.17) is 0 Å². The predicted octanol–water partition coefficient (Wildman–Crippen LogP) is 5.08. The number of nitrogens with one attached hydrogen (secondary N) is 1. The second-order valence-electron chi connectivity index (χ2n) is 8.27. The Kier molecular flexibility index (Phi) is 6.37. The molecule has 1 fully saturated rings. The summed E-state index contributed by atoms with van der Waals surface area (Å²) in [6.07, 6.45) is 0.727. The summed E-state index contributed by atoms with van der Waals surface area (Å²) in [5.74, 6) is -0.324. The van der Waals surface area contributed by atoms with E-state index in [1.165, 1.54) is 12.1 Å². The van der Waals surface area contributed by atoms with Crippen LogP contribution in [0.5, 0.6) is 0 Å². The highest BCUT2D eigenvalue weighted by atomic mass is 32.2. The standard InChI is InChI=1S/C25H26FN3O3S/c1-18-4-11-22(12-5-18)33(31,32)27-23-16-19(2)6-13-24(23)29-15-3-14-28(25(29)30)17-20-7-9-21(26)10-8-20/h4-13,16,27H,3,14-15,17H2,1-2H3. The molecule has 8 heteroatoms. The quantitative estimate of drug-likeness (QED) is 0.550. The number of benzene rings is 3. The molecule has 2 amide bonds. The van der Waals surface area contributed by atoms with E-state index in [1.54, 1.807) is 58.3 Å². The third-order valence-corrected chi connectivity index (χ3v) is 7.00. The van der Waals surface area contributed by atoms with Gasteiger partial charge in [-0.2, -0.15) is 0 Å². The van der Waals surface area contributed by atoms with E-state index in [9.17, 15) is 17.6 Å². The summed E-state index contributed by atoms with van der Waals surface area (Å²) in [5, 5.41) is 0. The van der Waals surface area contributed by atoms with Crippen LogP contribution in [-0.2, 0) is 16.6 Å². The summed E-state index contributed by atoms with van der Waals surface area (Å²) >= 11 is 0. The van der Waals surface area contributed by atoms with Crippen LogP contribution in [0.3, 0.4) is 0 Å². The highest BCUT2D eigenvalue weighted by Crippen LogP contribution is 2.32. The fraction of sp³-hybridized carbons (Fsp3) is 0.240. The average Bonchev–Trinajstić information content (AvgIpc) is 2.77. The number of anilines is 2. The first-order valence-electron chi connectivity index (χ1n) is 10.7. The Hall–Kier alpha value is -3.39. The number of aryl methyl sites for hydroxylation is 2. The van der Waals surface area contributed by atoms with E-state index in [-0.39, 0.29) is 16.7 Å². The van der Waals surface area contributed by atoms with Crippen molar-refractivity contribution < 1.29 is 17.6 Å². The van der Waals surface area contributed by atoms with Crippen LogP contribution < -0.4 is 9.62 Å². The Labute approximate surface area is 193 Å². The number of nitrogens with zero attached hydrogens (tertiary/aromatic N) is 2. The van der Waals surface area contributed by atoms with Crippen molar-refractivity contribution in [2.75, 3.05) is 22.7 Å². The number of halogens is 1. The maximum absolute atomic E-state index is 13.3. The van der Waals surface area contributed by atoms with Gasteiger partial charge in [0.15, 0.2) is 0 Å². The lowest BCUT2D eigenvalue weighted by molar-refractivity contribution is 0.192. The first-order valence-corrected chi connectivity index (χ1v) is 12.2. The number of sulfonamides is 1. The van der Waals surface area contributed by atoms with Gasteiger partial charge < -0.3 is 4.90 Å². The first kappa shape index (κ1) is 22.8. The molecule has 172 valence electrons. The molecule has 0 radical (unpaired) electrons. The molecule has 0 bridgehead atoms. The van der Waals surface area contributed by atoms with Crippen LogP contribution in [-0.4, -0.2) is 32.4 Å². The number of amides is 2. The molecule has 1 aliphatic heterocycles. The fourth-order valence-corrected chi connectivity index (χ4v) is 4.92. The molecule has 33 heavy (non-hydrogen) atoms. The lowest BCUT2D eigenvalue weighted by Crippen LogP contribution is -2.49. The van der Waals surface area contributed by atoms with Gasteiger partial charge in [-0.05, 0) is 67.8 Å². The van der Waals surface area contributed by atoms with Gasteiger partial charge in [0, 0.05) is 19.6 Å².